The van der Waals surface area contributed by atoms with E-state index >= 15 is 0 Å². The summed E-state index contributed by atoms with van der Waals surface area (Å²) in [7, 11) is 0. The summed E-state index contributed by atoms with van der Waals surface area (Å²) in [6, 6.07) is 11.4. The Kier molecular flexibility index (Phi) is 5.48. The molecule has 0 unspecified atom stereocenters. The first-order valence-electron chi connectivity index (χ1n) is 7.99. The number of benzene rings is 2. The molecule has 2 aromatic rings. The van der Waals surface area contributed by atoms with Crippen LogP contribution in [-0.4, -0.2) is 29.3 Å². The number of hydrogen-bond donors (Lipinski definition) is 2. The van der Waals surface area contributed by atoms with E-state index in [0.717, 1.165) is 10.5 Å². The molecule has 0 atom stereocenters. The minimum absolute atomic E-state index is 0.0572. The van der Waals surface area contributed by atoms with Crippen molar-refractivity contribution in [2.24, 2.45) is 0 Å². The summed E-state index contributed by atoms with van der Waals surface area (Å²) in [6.07, 6.45) is 1.47. The number of carbonyl (C=O) groups excluding carboxylic acids is 3. The lowest BCUT2D eigenvalue weighted by atomic mass is 10.2. The van der Waals surface area contributed by atoms with Crippen molar-refractivity contribution in [1.82, 2.24) is 10.2 Å². The summed E-state index contributed by atoms with van der Waals surface area (Å²) in [5.74, 6) is -1.06. The number of nitrogens with one attached hydrogen (secondary N) is 2. The van der Waals surface area contributed by atoms with E-state index < -0.39 is 24.4 Å². The van der Waals surface area contributed by atoms with Crippen LogP contribution >= 0.6 is 23.2 Å². The molecule has 1 aliphatic rings. The Balaban J connectivity index is 1.71. The third kappa shape index (κ3) is 4.48. The number of anilines is 1. The van der Waals surface area contributed by atoms with Crippen molar-refractivity contribution < 1.29 is 14.4 Å². The van der Waals surface area contributed by atoms with E-state index in [1.807, 2.05) is 13.0 Å². The van der Waals surface area contributed by atoms with Gasteiger partial charge in [-0.2, -0.15) is 0 Å². The van der Waals surface area contributed by atoms with Gasteiger partial charge in [0.2, 0.25) is 5.91 Å². The Morgan fingerprint density at radius 2 is 1.93 bits per heavy atom. The number of carbonyl (C=O) groups is 3. The summed E-state index contributed by atoms with van der Waals surface area (Å²) >= 11 is 11.8. The molecule has 0 spiro atoms. The molecule has 4 amide bonds. The van der Waals surface area contributed by atoms with E-state index in [4.69, 9.17) is 23.2 Å². The maximum Gasteiger partial charge on any atom is 0.329 e. The molecule has 0 saturated carbocycles. The second-order valence-electron chi connectivity index (χ2n) is 5.97. The largest absolute Gasteiger partial charge is 0.329 e. The SMILES string of the molecule is Cc1cccc(NC(=O)CN2C(=O)N/C(=C/c3ccc(Cl)c(Cl)c3)C2=O)c1. The molecule has 1 aliphatic heterocycles. The van der Waals surface area contributed by atoms with Gasteiger partial charge in [-0.25, -0.2) is 9.69 Å². The molecular weight excluding hydrogens is 389 g/mol. The predicted octanol–water partition coefficient (Wildman–Crippen LogP) is 3.83. The molecule has 2 aromatic carbocycles. The van der Waals surface area contributed by atoms with Crippen LogP contribution in [0.5, 0.6) is 0 Å². The summed E-state index contributed by atoms with van der Waals surface area (Å²) in [5.41, 5.74) is 2.23. The second-order valence-corrected chi connectivity index (χ2v) is 6.79. The van der Waals surface area contributed by atoms with Gasteiger partial charge in [-0.15, -0.1) is 0 Å². The normalized spacial score (nSPS) is 15.2. The zero-order chi connectivity index (χ0) is 19.6. The number of nitrogens with zero attached hydrogens (tertiary/aromatic N) is 1. The number of urea groups is 1. The molecule has 1 saturated heterocycles. The first kappa shape index (κ1) is 18.9. The maximum atomic E-state index is 12.4. The lowest BCUT2D eigenvalue weighted by Gasteiger charge is -2.12. The van der Waals surface area contributed by atoms with E-state index in [0.29, 0.717) is 21.3 Å². The van der Waals surface area contributed by atoms with Crippen LogP contribution in [-0.2, 0) is 9.59 Å². The van der Waals surface area contributed by atoms with Gasteiger partial charge in [-0.1, -0.05) is 41.4 Å². The van der Waals surface area contributed by atoms with Crippen molar-refractivity contribution in [3.63, 3.8) is 0 Å². The third-order valence-electron chi connectivity index (χ3n) is 3.82. The minimum atomic E-state index is -0.661. The fourth-order valence-electron chi connectivity index (χ4n) is 2.55. The second kappa shape index (κ2) is 7.82. The van der Waals surface area contributed by atoms with E-state index in [1.165, 1.54) is 6.08 Å². The highest BCUT2D eigenvalue weighted by molar-refractivity contribution is 6.42. The quantitative estimate of drug-likeness (QED) is 0.601. The van der Waals surface area contributed by atoms with Crippen molar-refractivity contribution >= 4 is 52.8 Å². The van der Waals surface area contributed by atoms with E-state index in [9.17, 15) is 14.4 Å². The predicted molar refractivity (Wildman–Crippen MR) is 104 cm³/mol. The maximum absolute atomic E-state index is 12.4. The lowest BCUT2D eigenvalue weighted by Crippen LogP contribution is -2.38. The highest BCUT2D eigenvalue weighted by atomic mass is 35.5. The van der Waals surface area contributed by atoms with Gasteiger partial charge in [0.15, 0.2) is 0 Å². The molecule has 2 N–H and O–H groups in total. The Morgan fingerprint density at radius 1 is 1.15 bits per heavy atom. The molecule has 1 fully saturated rings. The molecular formula is C19H15Cl2N3O3. The molecule has 138 valence electrons. The molecule has 3 rings (SSSR count). The number of hydrogen-bond acceptors (Lipinski definition) is 3. The summed E-state index contributed by atoms with van der Waals surface area (Å²) in [5, 5.41) is 5.84. The zero-order valence-corrected chi connectivity index (χ0v) is 15.8. The Labute approximate surface area is 165 Å². The van der Waals surface area contributed by atoms with Crippen LogP contribution in [0.25, 0.3) is 6.08 Å². The number of halogens is 2. The smallest absolute Gasteiger partial charge is 0.325 e. The topological polar surface area (TPSA) is 78.5 Å². The van der Waals surface area contributed by atoms with Crippen LogP contribution in [0.4, 0.5) is 10.5 Å². The van der Waals surface area contributed by atoms with Gasteiger partial charge < -0.3 is 10.6 Å². The van der Waals surface area contributed by atoms with Gasteiger partial charge in [0, 0.05) is 5.69 Å². The molecule has 0 aromatic heterocycles. The number of rotatable bonds is 4. The van der Waals surface area contributed by atoms with Gasteiger partial charge in [-0.05, 0) is 48.4 Å². The lowest BCUT2D eigenvalue weighted by molar-refractivity contribution is -0.127. The molecule has 1 heterocycles. The van der Waals surface area contributed by atoms with Crippen molar-refractivity contribution in [1.29, 1.82) is 0 Å². The minimum Gasteiger partial charge on any atom is -0.325 e. The first-order chi connectivity index (χ1) is 12.8. The number of amides is 4. The van der Waals surface area contributed by atoms with Crippen molar-refractivity contribution in [3.05, 3.63) is 69.3 Å². The van der Waals surface area contributed by atoms with Crippen LogP contribution in [0.3, 0.4) is 0 Å². The molecule has 0 bridgehead atoms. The van der Waals surface area contributed by atoms with Crippen molar-refractivity contribution in [2.75, 3.05) is 11.9 Å². The van der Waals surface area contributed by atoms with E-state index in [1.54, 1.807) is 36.4 Å². The first-order valence-corrected chi connectivity index (χ1v) is 8.75. The fourth-order valence-corrected chi connectivity index (χ4v) is 2.86. The van der Waals surface area contributed by atoms with Gasteiger partial charge in [-0.3, -0.25) is 9.59 Å². The Hall–Kier alpha value is -2.83. The Bertz CT molecular complexity index is 972. The van der Waals surface area contributed by atoms with Crippen LogP contribution < -0.4 is 10.6 Å². The van der Waals surface area contributed by atoms with Crippen molar-refractivity contribution in [2.45, 2.75) is 6.92 Å². The average Bonchev–Trinajstić information content (AvgIpc) is 2.85. The van der Waals surface area contributed by atoms with Crippen molar-refractivity contribution in [3.8, 4) is 0 Å². The van der Waals surface area contributed by atoms with E-state index in [2.05, 4.69) is 10.6 Å². The number of aryl methyl sites for hydroxylation is 1. The van der Waals surface area contributed by atoms with Crippen LogP contribution in [0.1, 0.15) is 11.1 Å². The summed E-state index contributed by atoms with van der Waals surface area (Å²) in [6.45, 7) is 1.50. The molecule has 0 aliphatic carbocycles. The number of imide groups is 1. The third-order valence-corrected chi connectivity index (χ3v) is 4.56. The summed E-state index contributed by atoms with van der Waals surface area (Å²) in [4.78, 5) is 37.5. The van der Waals surface area contributed by atoms with Crippen LogP contribution in [0, 0.1) is 6.92 Å². The molecule has 0 radical (unpaired) electrons. The monoisotopic (exact) mass is 403 g/mol. The highest BCUT2D eigenvalue weighted by Crippen LogP contribution is 2.24. The molecule has 8 heteroatoms. The fraction of sp³-hybridized carbons (Fsp3) is 0.105. The van der Waals surface area contributed by atoms with Gasteiger partial charge in [0.25, 0.3) is 5.91 Å². The van der Waals surface area contributed by atoms with Gasteiger partial charge in [0.1, 0.15) is 12.2 Å². The zero-order valence-electron chi connectivity index (χ0n) is 14.3. The highest BCUT2D eigenvalue weighted by Gasteiger charge is 2.34. The van der Waals surface area contributed by atoms with Crippen LogP contribution in [0.2, 0.25) is 10.0 Å². The standard InChI is InChI=1S/C19H15Cl2N3O3/c1-11-3-2-4-13(7-11)22-17(25)10-24-18(26)16(23-19(24)27)9-12-5-6-14(20)15(21)8-12/h2-9H,10H2,1H3,(H,22,25)(H,23,27)/b16-9+. The van der Waals surface area contributed by atoms with Gasteiger partial charge in [0.05, 0.1) is 10.0 Å². The molecule has 6 nitrogen and oxygen atoms in total. The Morgan fingerprint density at radius 3 is 2.63 bits per heavy atom. The molecule has 27 heavy (non-hydrogen) atoms. The van der Waals surface area contributed by atoms with Crippen LogP contribution in [0.15, 0.2) is 48.2 Å². The van der Waals surface area contributed by atoms with Gasteiger partial charge >= 0.3 is 6.03 Å². The summed E-state index contributed by atoms with van der Waals surface area (Å²) < 4.78 is 0. The van der Waals surface area contributed by atoms with E-state index in [-0.39, 0.29) is 5.70 Å². The average molecular weight is 404 g/mol.